The van der Waals surface area contributed by atoms with Crippen LogP contribution in [0.2, 0.25) is 5.02 Å². The fraction of sp³-hybridized carbons (Fsp3) is 0.200. The third-order valence-electron chi connectivity index (χ3n) is 3.01. The first-order chi connectivity index (χ1) is 11.0. The Balaban J connectivity index is 1.98. The molecule has 0 fully saturated rings. The first-order valence-electron chi connectivity index (χ1n) is 6.76. The van der Waals surface area contributed by atoms with Crippen LogP contribution in [0.5, 0.6) is 5.75 Å². The highest BCUT2D eigenvalue weighted by Crippen LogP contribution is 2.24. The molecule has 1 unspecified atom stereocenters. The Hall–Kier alpha value is -2.67. The molecule has 1 atom stereocenters. The monoisotopic (exact) mass is 335 g/mol. The molecule has 2 rings (SSSR count). The highest BCUT2D eigenvalue weighted by Gasteiger charge is 2.21. The first-order valence-corrected chi connectivity index (χ1v) is 7.14. The van der Waals surface area contributed by atoms with Gasteiger partial charge in [0, 0.05) is 11.6 Å². The standard InChI is InChI=1S/C15H14ClN3O4/c1-10(23-13-7-4-8-17-14(13)19(21)22)15(20)18-9-11-5-2-3-6-12(11)16/h2-8,10H,9H2,1H3,(H,18,20). The van der Waals surface area contributed by atoms with E-state index in [1.54, 1.807) is 18.2 Å². The molecular weight excluding hydrogens is 322 g/mol. The van der Waals surface area contributed by atoms with E-state index in [9.17, 15) is 14.9 Å². The van der Waals surface area contributed by atoms with Crippen molar-refractivity contribution in [2.24, 2.45) is 0 Å². The van der Waals surface area contributed by atoms with E-state index in [1.165, 1.54) is 25.3 Å². The van der Waals surface area contributed by atoms with Crippen molar-refractivity contribution in [2.45, 2.75) is 19.6 Å². The predicted octanol–water partition coefficient (Wildman–Crippen LogP) is 2.73. The molecule has 0 aliphatic carbocycles. The molecule has 0 spiro atoms. The number of amides is 1. The number of halogens is 1. The van der Waals surface area contributed by atoms with Gasteiger partial charge in [-0.3, -0.25) is 4.79 Å². The van der Waals surface area contributed by atoms with Crippen molar-refractivity contribution in [3.8, 4) is 5.75 Å². The van der Waals surface area contributed by atoms with Gasteiger partial charge in [0.2, 0.25) is 5.75 Å². The summed E-state index contributed by atoms with van der Waals surface area (Å²) in [6.45, 7) is 1.74. The van der Waals surface area contributed by atoms with Gasteiger partial charge in [0.05, 0.1) is 0 Å². The molecule has 8 heteroatoms. The molecular formula is C15H14ClN3O4. The summed E-state index contributed by atoms with van der Waals surface area (Å²) in [5.41, 5.74) is 0.766. The van der Waals surface area contributed by atoms with Crippen LogP contribution in [0.3, 0.4) is 0 Å². The van der Waals surface area contributed by atoms with Crippen LogP contribution in [0, 0.1) is 10.1 Å². The van der Waals surface area contributed by atoms with Crippen LogP contribution in [-0.2, 0) is 11.3 Å². The Morgan fingerprint density at radius 1 is 1.39 bits per heavy atom. The summed E-state index contributed by atoms with van der Waals surface area (Å²) in [5.74, 6) is -0.904. The second-order valence-electron chi connectivity index (χ2n) is 4.65. The lowest BCUT2D eigenvalue weighted by atomic mass is 10.2. The third kappa shape index (κ3) is 4.40. The van der Waals surface area contributed by atoms with Crippen molar-refractivity contribution in [3.63, 3.8) is 0 Å². The summed E-state index contributed by atoms with van der Waals surface area (Å²) in [7, 11) is 0. The van der Waals surface area contributed by atoms with Crippen LogP contribution in [-0.4, -0.2) is 21.9 Å². The number of aromatic nitrogens is 1. The molecule has 0 radical (unpaired) electrons. The Morgan fingerprint density at radius 2 is 2.13 bits per heavy atom. The molecule has 1 amide bonds. The van der Waals surface area contributed by atoms with E-state index in [0.29, 0.717) is 5.02 Å². The van der Waals surface area contributed by atoms with Gasteiger partial charge >= 0.3 is 5.82 Å². The van der Waals surface area contributed by atoms with Crippen LogP contribution in [0.15, 0.2) is 42.6 Å². The summed E-state index contributed by atoms with van der Waals surface area (Å²) in [6, 6.07) is 10.0. The summed E-state index contributed by atoms with van der Waals surface area (Å²) in [5, 5.41) is 14.1. The number of nitro groups is 1. The van der Waals surface area contributed by atoms with Crippen LogP contribution in [0.4, 0.5) is 5.82 Å². The predicted molar refractivity (Wildman–Crippen MR) is 84.3 cm³/mol. The van der Waals surface area contributed by atoms with E-state index in [0.717, 1.165) is 5.56 Å². The van der Waals surface area contributed by atoms with E-state index in [2.05, 4.69) is 10.3 Å². The largest absolute Gasteiger partial charge is 0.473 e. The summed E-state index contributed by atoms with van der Waals surface area (Å²) in [6.07, 6.45) is 0.369. The van der Waals surface area contributed by atoms with Gasteiger partial charge in [-0.25, -0.2) is 0 Å². The lowest BCUT2D eigenvalue weighted by Crippen LogP contribution is -2.36. The number of carbonyl (C=O) groups excluding carboxylic acids is 1. The van der Waals surface area contributed by atoms with Crippen LogP contribution >= 0.6 is 11.6 Å². The molecule has 1 N–H and O–H groups in total. The number of hydrogen-bond donors (Lipinski definition) is 1. The number of carbonyl (C=O) groups is 1. The number of hydrogen-bond acceptors (Lipinski definition) is 5. The number of rotatable bonds is 6. The van der Waals surface area contributed by atoms with E-state index in [-0.39, 0.29) is 12.3 Å². The molecule has 2 aromatic rings. The number of ether oxygens (including phenoxy) is 1. The lowest BCUT2D eigenvalue weighted by Gasteiger charge is -2.14. The number of pyridine rings is 1. The van der Waals surface area contributed by atoms with Crippen LogP contribution in [0.25, 0.3) is 0 Å². The maximum absolute atomic E-state index is 12.0. The van der Waals surface area contributed by atoms with Crippen molar-refractivity contribution in [2.75, 3.05) is 0 Å². The van der Waals surface area contributed by atoms with Crippen molar-refractivity contribution < 1.29 is 14.5 Å². The molecule has 0 aliphatic rings. The van der Waals surface area contributed by atoms with Crippen LogP contribution < -0.4 is 10.1 Å². The second-order valence-corrected chi connectivity index (χ2v) is 5.06. The summed E-state index contributed by atoms with van der Waals surface area (Å²) >= 11 is 6.01. The van der Waals surface area contributed by atoms with Crippen molar-refractivity contribution >= 4 is 23.3 Å². The second kappa shape index (κ2) is 7.55. The molecule has 0 saturated carbocycles. The van der Waals surface area contributed by atoms with E-state index in [1.807, 2.05) is 6.07 Å². The van der Waals surface area contributed by atoms with Crippen LogP contribution in [0.1, 0.15) is 12.5 Å². The molecule has 23 heavy (non-hydrogen) atoms. The van der Waals surface area contributed by atoms with Gasteiger partial charge in [-0.05, 0) is 40.6 Å². The van der Waals surface area contributed by atoms with Crippen molar-refractivity contribution in [1.29, 1.82) is 0 Å². The highest BCUT2D eigenvalue weighted by atomic mass is 35.5. The van der Waals surface area contributed by atoms with Gasteiger partial charge in [-0.2, -0.15) is 0 Å². The van der Waals surface area contributed by atoms with Gasteiger partial charge in [0.25, 0.3) is 5.91 Å². The molecule has 0 aliphatic heterocycles. The molecule has 1 aromatic heterocycles. The van der Waals surface area contributed by atoms with Gasteiger partial charge < -0.3 is 20.2 Å². The Kier molecular flexibility index (Phi) is 5.48. The number of nitrogens with one attached hydrogen (secondary N) is 1. The minimum absolute atomic E-state index is 0.0575. The smallest absolute Gasteiger partial charge is 0.406 e. The zero-order chi connectivity index (χ0) is 16.8. The average molecular weight is 336 g/mol. The minimum atomic E-state index is -0.916. The number of nitrogens with zero attached hydrogens (tertiary/aromatic N) is 2. The molecule has 1 heterocycles. The zero-order valence-electron chi connectivity index (χ0n) is 12.2. The third-order valence-corrected chi connectivity index (χ3v) is 3.38. The molecule has 7 nitrogen and oxygen atoms in total. The van der Waals surface area contributed by atoms with Crippen molar-refractivity contribution in [1.82, 2.24) is 10.3 Å². The van der Waals surface area contributed by atoms with Gasteiger partial charge in [-0.1, -0.05) is 29.8 Å². The maximum atomic E-state index is 12.0. The van der Waals surface area contributed by atoms with Crippen molar-refractivity contribution in [3.05, 3.63) is 63.3 Å². The van der Waals surface area contributed by atoms with Gasteiger partial charge in [0.15, 0.2) is 6.10 Å². The first kappa shape index (κ1) is 16.7. The van der Waals surface area contributed by atoms with E-state index < -0.39 is 22.8 Å². The van der Waals surface area contributed by atoms with Gasteiger partial charge in [-0.15, -0.1) is 0 Å². The molecule has 120 valence electrons. The van der Waals surface area contributed by atoms with Gasteiger partial charge in [0.1, 0.15) is 6.20 Å². The molecule has 1 aromatic carbocycles. The molecule has 0 bridgehead atoms. The fourth-order valence-corrected chi connectivity index (χ4v) is 2.03. The summed E-state index contributed by atoms with van der Waals surface area (Å²) < 4.78 is 5.34. The quantitative estimate of drug-likeness (QED) is 0.647. The zero-order valence-corrected chi connectivity index (χ0v) is 13.0. The Morgan fingerprint density at radius 3 is 2.83 bits per heavy atom. The van der Waals surface area contributed by atoms with E-state index >= 15 is 0 Å². The SMILES string of the molecule is CC(Oc1cccnc1[N+](=O)[O-])C(=O)NCc1ccccc1Cl. The lowest BCUT2D eigenvalue weighted by molar-refractivity contribution is -0.390. The Bertz CT molecular complexity index is 723. The fourth-order valence-electron chi connectivity index (χ4n) is 1.82. The Labute approximate surface area is 137 Å². The normalized spacial score (nSPS) is 11.6. The number of benzene rings is 1. The maximum Gasteiger partial charge on any atom is 0.406 e. The molecule has 0 saturated heterocycles. The van der Waals surface area contributed by atoms with E-state index in [4.69, 9.17) is 16.3 Å². The highest BCUT2D eigenvalue weighted by molar-refractivity contribution is 6.31. The average Bonchev–Trinajstić information content (AvgIpc) is 2.54. The summed E-state index contributed by atoms with van der Waals surface area (Å²) in [4.78, 5) is 25.9. The minimum Gasteiger partial charge on any atom is -0.473 e. The topological polar surface area (TPSA) is 94.4 Å².